The normalized spacial score (nSPS) is 18.1. The van der Waals surface area contributed by atoms with E-state index >= 15 is 0 Å². The highest BCUT2D eigenvalue weighted by Crippen LogP contribution is 2.18. The van der Waals surface area contributed by atoms with Crippen LogP contribution in [0.25, 0.3) is 0 Å². The smallest absolute Gasteiger partial charge is 0.257 e. The Labute approximate surface area is 133 Å². The number of rotatable bonds is 4. The van der Waals surface area contributed by atoms with Gasteiger partial charge in [0.1, 0.15) is 6.10 Å². The number of nitrogens with one attached hydrogen (secondary N) is 2. The Morgan fingerprint density at radius 1 is 1.50 bits per heavy atom. The highest BCUT2D eigenvalue weighted by atomic mass is 35.5. The lowest BCUT2D eigenvalue weighted by atomic mass is 10.2. The summed E-state index contributed by atoms with van der Waals surface area (Å²) in [5.74, 6) is 0.290. The number of ether oxygens (including phenoxy) is 1. The van der Waals surface area contributed by atoms with Gasteiger partial charge in [-0.15, -0.1) is 0 Å². The van der Waals surface area contributed by atoms with E-state index in [2.05, 4.69) is 15.6 Å². The zero-order valence-corrected chi connectivity index (χ0v) is 12.7. The molecule has 116 valence electrons. The second kappa shape index (κ2) is 6.91. The molecular weight excluding hydrogens is 304 g/mol. The van der Waals surface area contributed by atoms with E-state index in [1.54, 1.807) is 12.4 Å². The molecule has 1 amide bonds. The van der Waals surface area contributed by atoms with Gasteiger partial charge in [-0.25, -0.2) is 4.98 Å². The van der Waals surface area contributed by atoms with Gasteiger partial charge in [0.05, 0.1) is 13.2 Å². The maximum atomic E-state index is 12.2. The molecule has 1 fully saturated rings. The average molecular weight is 321 g/mol. The van der Waals surface area contributed by atoms with E-state index in [9.17, 15) is 4.79 Å². The molecule has 22 heavy (non-hydrogen) atoms. The number of aromatic nitrogens is 2. The molecule has 1 aliphatic heterocycles. The molecule has 0 unspecified atom stereocenters. The first-order chi connectivity index (χ1) is 10.7. The summed E-state index contributed by atoms with van der Waals surface area (Å²) in [5, 5.41) is 6.62. The van der Waals surface area contributed by atoms with Gasteiger partial charge in [0.25, 0.3) is 5.91 Å². The van der Waals surface area contributed by atoms with Gasteiger partial charge in [-0.3, -0.25) is 10.1 Å². The first-order valence-electron chi connectivity index (χ1n) is 7.12. The Morgan fingerprint density at radius 2 is 2.36 bits per heavy atom. The van der Waals surface area contributed by atoms with Crippen molar-refractivity contribution in [3.63, 3.8) is 0 Å². The first kappa shape index (κ1) is 15.0. The molecule has 2 N–H and O–H groups in total. The van der Waals surface area contributed by atoms with E-state index in [1.807, 2.05) is 28.8 Å². The predicted octanol–water partition coefficient (Wildman–Crippen LogP) is 1.51. The third-order valence-electron chi connectivity index (χ3n) is 3.47. The number of amides is 1. The van der Waals surface area contributed by atoms with Crippen LogP contribution in [0.2, 0.25) is 5.02 Å². The molecule has 3 rings (SSSR count). The molecule has 1 aliphatic rings. The second-order valence-electron chi connectivity index (χ2n) is 5.02. The number of hydrogen-bond acceptors (Lipinski definition) is 4. The molecule has 2 heterocycles. The van der Waals surface area contributed by atoms with Gasteiger partial charge in [0.15, 0.2) is 0 Å². The molecule has 0 saturated carbocycles. The van der Waals surface area contributed by atoms with E-state index in [4.69, 9.17) is 16.3 Å². The molecule has 7 heteroatoms. The summed E-state index contributed by atoms with van der Waals surface area (Å²) in [7, 11) is 0. The fourth-order valence-corrected chi connectivity index (χ4v) is 2.49. The number of benzene rings is 1. The fourth-order valence-electron chi connectivity index (χ4n) is 2.30. The molecule has 1 atom stereocenters. The Morgan fingerprint density at radius 3 is 3.14 bits per heavy atom. The molecule has 1 saturated heterocycles. The molecule has 0 bridgehead atoms. The van der Waals surface area contributed by atoms with E-state index < -0.39 is 6.10 Å². The maximum absolute atomic E-state index is 12.2. The maximum Gasteiger partial charge on any atom is 0.257 e. The third-order valence-corrected chi connectivity index (χ3v) is 3.84. The van der Waals surface area contributed by atoms with Crippen LogP contribution in [0, 0.1) is 0 Å². The van der Waals surface area contributed by atoms with Crippen LogP contribution in [0.4, 0.5) is 5.95 Å². The molecule has 2 aromatic rings. The van der Waals surface area contributed by atoms with Crippen molar-refractivity contribution in [2.24, 2.45) is 0 Å². The van der Waals surface area contributed by atoms with E-state index in [1.165, 1.54) is 0 Å². The van der Waals surface area contributed by atoms with Crippen LogP contribution in [0.3, 0.4) is 0 Å². The Kier molecular flexibility index (Phi) is 4.72. The summed E-state index contributed by atoms with van der Waals surface area (Å²) in [6.07, 6.45) is 2.96. The van der Waals surface area contributed by atoms with Crippen LogP contribution in [0.5, 0.6) is 0 Å². The van der Waals surface area contributed by atoms with Crippen molar-refractivity contribution in [1.29, 1.82) is 0 Å². The third kappa shape index (κ3) is 3.47. The number of halogens is 1. The summed E-state index contributed by atoms with van der Waals surface area (Å²) in [4.78, 5) is 16.4. The molecule has 6 nitrogen and oxygen atoms in total. The standard InChI is InChI=1S/C15H17ClN4O2/c16-12-4-2-1-3-11(12)10-20-7-5-18-15(20)19-14(21)13-9-17-6-8-22-13/h1-5,7,13,17H,6,8-10H2,(H,18,19,21)/t13-/m1/s1. The van der Waals surface area contributed by atoms with Crippen LogP contribution in [0.15, 0.2) is 36.7 Å². The van der Waals surface area contributed by atoms with Gasteiger partial charge < -0.3 is 14.6 Å². The van der Waals surface area contributed by atoms with Gasteiger partial charge in [-0.1, -0.05) is 29.8 Å². The SMILES string of the molecule is O=C(Nc1nccn1Cc1ccccc1Cl)[C@H]1CNCCO1. The average Bonchev–Trinajstić information content (AvgIpc) is 2.97. The number of carbonyl (C=O) groups excluding carboxylic acids is 1. The van der Waals surface area contributed by atoms with Gasteiger partial charge in [0, 0.05) is 30.5 Å². The number of imidazole rings is 1. The summed E-state index contributed by atoms with van der Waals surface area (Å²) in [6, 6.07) is 7.60. The van der Waals surface area contributed by atoms with Crippen molar-refractivity contribution in [3.8, 4) is 0 Å². The van der Waals surface area contributed by atoms with Crippen LogP contribution in [0.1, 0.15) is 5.56 Å². The summed E-state index contributed by atoms with van der Waals surface area (Å²) in [6.45, 7) is 2.35. The van der Waals surface area contributed by atoms with Crippen molar-refractivity contribution in [1.82, 2.24) is 14.9 Å². The van der Waals surface area contributed by atoms with Crippen molar-refractivity contribution in [3.05, 3.63) is 47.2 Å². The minimum atomic E-state index is -0.487. The lowest BCUT2D eigenvalue weighted by Gasteiger charge is -2.22. The van der Waals surface area contributed by atoms with Gasteiger partial charge >= 0.3 is 0 Å². The largest absolute Gasteiger partial charge is 0.366 e. The van der Waals surface area contributed by atoms with Gasteiger partial charge in [-0.05, 0) is 11.6 Å². The number of hydrogen-bond donors (Lipinski definition) is 2. The highest BCUT2D eigenvalue weighted by molar-refractivity contribution is 6.31. The zero-order valence-electron chi connectivity index (χ0n) is 12.0. The van der Waals surface area contributed by atoms with Crippen LogP contribution >= 0.6 is 11.6 Å². The van der Waals surface area contributed by atoms with E-state index in [0.29, 0.717) is 30.7 Å². The van der Waals surface area contributed by atoms with Crippen LogP contribution in [-0.4, -0.2) is 41.3 Å². The van der Waals surface area contributed by atoms with Crippen molar-refractivity contribution in [2.75, 3.05) is 25.0 Å². The van der Waals surface area contributed by atoms with E-state index in [-0.39, 0.29) is 5.91 Å². The minimum Gasteiger partial charge on any atom is -0.366 e. The number of morpholine rings is 1. The predicted molar refractivity (Wildman–Crippen MR) is 84.0 cm³/mol. The molecule has 1 aromatic carbocycles. The van der Waals surface area contributed by atoms with Crippen molar-refractivity contribution in [2.45, 2.75) is 12.6 Å². The molecule has 1 aromatic heterocycles. The summed E-state index contributed by atoms with van der Waals surface area (Å²) in [5.41, 5.74) is 0.966. The fraction of sp³-hybridized carbons (Fsp3) is 0.333. The van der Waals surface area contributed by atoms with Gasteiger partial charge in [0.2, 0.25) is 5.95 Å². The first-order valence-corrected chi connectivity index (χ1v) is 7.49. The van der Waals surface area contributed by atoms with Crippen molar-refractivity contribution >= 4 is 23.5 Å². The Balaban J connectivity index is 1.69. The lowest BCUT2D eigenvalue weighted by molar-refractivity contribution is -0.128. The minimum absolute atomic E-state index is 0.196. The Bertz CT molecular complexity index is 652. The molecule has 0 aliphatic carbocycles. The molecule has 0 spiro atoms. The quantitative estimate of drug-likeness (QED) is 0.896. The van der Waals surface area contributed by atoms with Crippen molar-refractivity contribution < 1.29 is 9.53 Å². The molecule has 0 radical (unpaired) electrons. The lowest BCUT2D eigenvalue weighted by Crippen LogP contribution is -2.45. The summed E-state index contributed by atoms with van der Waals surface area (Å²) < 4.78 is 7.28. The monoisotopic (exact) mass is 320 g/mol. The number of nitrogens with zero attached hydrogens (tertiary/aromatic N) is 2. The van der Waals surface area contributed by atoms with Crippen LogP contribution in [-0.2, 0) is 16.1 Å². The number of anilines is 1. The van der Waals surface area contributed by atoms with Gasteiger partial charge in [-0.2, -0.15) is 0 Å². The summed E-state index contributed by atoms with van der Waals surface area (Å²) >= 11 is 6.17. The zero-order chi connectivity index (χ0) is 15.4. The highest BCUT2D eigenvalue weighted by Gasteiger charge is 2.23. The van der Waals surface area contributed by atoms with Crippen LogP contribution < -0.4 is 10.6 Å². The molecular formula is C15H17ClN4O2. The Hall–Kier alpha value is -1.89. The van der Waals surface area contributed by atoms with E-state index in [0.717, 1.165) is 12.1 Å². The second-order valence-corrected chi connectivity index (χ2v) is 5.43. The number of carbonyl (C=O) groups is 1. The topological polar surface area (TPSA) is 68.2 Å².